The first kappa shape index (κ1) is 18.2. The predicted octanol–water partition coefficient (Wildman–Crippen LogP) is 4.64. The van der Waals surface area contributed by atoms with Gasteiger partial charge < -0.3 is 4.74 Å². The smallest absolute Gasteiger partial charge is 0.302 e. The number of ketones is 1. The van der Waals surface area contributed by atoms with Gasteiger partial charge in [-0.15, -0.1) is 0 Å². The first-order valence-corrected chi connectivity index (χ1v) is 9.78. The zero-order valence-electron chi connectivity index (χ0n) is 15.8. The molecule has 0 bridgehead atoms. The zero-order valence-corrected chi connectivity index (χ0v) is 15.8. The van der Waals surface area contributed by atoms with Crippen LogP contribution in [0.4, 0.5) is 0 Å². The van der Waals surface area contributed by atoms with Crippen LogP contribution < -0.4 is 0 Å². The maximum absolute atomic E-state index is 11.6. The summed E-state index contributed by atoms with van der Waals surface area (Å²) in [5, 5.41) is 0. The van der Waals surface area contributed by atoms with E-state index in [9.17, 15) is 9.59 Å². The molecule has 0 radical (unpaired) electrons. The summed E-state index contributed by atoms with van der Waals surface area (Å²) in [6.07, 6.45) is 14.6. The Bertz CT molecular complexity index is 642. The molecule has 0 amide bonds. The van der Waals surface area contributed by atoms with Crippen molar-refractivity contribution < 1.29 is 14.3 Å². The highest BCUT2D eigenvalue weighted by atomic mass is 16.5. The monoisotopic (exact) mass is 342 g/mol. The Kier molecular flexibility index (Phi) is 5.04. The number of hydrogen-bond donors (Lipinski definition) is 0. The second-order valence-corrected chi connectivity index (χ2v) is 7.86. The van der Waals surface area contributed by atoms with Gasteiger partial charge in [0.15, 0.2) is 5.78 Å². The Morgan fingerprint density at radius 3 is 2.64 bits per heavy atom. The number of hydrogen-bond acceptors (Lipinski definition) is 3. The lowest BCUT2D eigenvalue weighted by Gasteiger charge is -2.50. The molecule has 2 saturated carbocycles. The summed E-state index contributed by atoms with van der Waals surface area (Å²) < 4.78 is 5.65. The molecule has 0 aromatic heterocycles. The minimum atomic E-state index is -0.155. The van der Waals surface area contributed by atoms with Crippen molar-refractivity contribution in [2.45, 2.75) is 59.5 Å². The second kappa shape index (κ2) is 6.93. The van der Waals surface area contributed by atoms with E-state index < -0.39 is 0 Å². The molecule has 0 heterocycles. The van der Waals surface area contributed by atoms with Gasteiger partial charge in [0.25, 0.3) is 0 Å². The van der Waals surface area contributed by atoms with Crippen LogP contribution >= 0.6 is 0 Å². The number of allylic oxidation sites excluding steroid dienone is 6. The van der Waals surface area contributed by atoms with Crippen molar-refractivity contribution in [3.8, 4) is 0 Å². The molecule has 0 spiro atoms. The average Bonchev–Trinajstić information content (AvgIpc) is 2.92. The largest absolute Gasteiger partial charge is 0.462 e. The summed E-state index contributed by atoms with van der Waals surface area (Å²) in [6, 6.07) is 0. The minimum Gasteiger partial charge on any atom is -0.462 e. The van der Waals surface area contributed by atoms with Crippen molar-refractivity contribution in [2.75, 3.05) is 0 Å². The molecule has 4 aliphatic carbocycles. The van der Waals surface area contributed by atoms with Gasteiger partial charge in [-0.2, -0.15) is 0 Å². The lowest BCUT2D eigenvalue weighted by molar-refractivity contribution is -0.154. The fourth-order valence-electron chi connectivity index (χ4n) is 5.66. The molecule has 6 atom stereocenters. The maximum Gasteiger partial charge on any atom is 0.302 e. The summed E-state index contributed by atoms with van der Waals surface area (Å²) in [6.45, 7) is 7.83. The molecular weight excluding hydrogens is 312 g/mol. The number of carbonyl (C=O) groups excluding carboxylic acids is 2. The van der Waals surface area contributed by atoms with Crippen LogP contribution in [0.15, 0.2) is 36.0 Å². The first-order chi connectivity index (χ1) is 12.0. The Morgan fingerprint density at radius 1 is 1.16 bits per heavy atom. The van der Waals surface area contributed by atoms with Crippen LogP contribution in [0.1, 0.15) is 53.4 Å². The van der Waals surface area contributed by atoms with E-state index in [0.717, 1.165) is 25.7 Å². The van der Waals surface area contributed by atoms with E-state index in [-0.39, 0.29) is 23.3 Å². The molecule has 0 aliphatic heterocycles. The van der Waals surface area contributed by atoms with Gasteiger partial charge in [-0.05, 0) is 61.2 Å². The molecule has 2 unspecified atom stereocenters. The normalized spacial score (nSPS) is 40.9. The van der Waals surface area contributed by atoms with Crippen LogP contribution in [0.25, 0.3) is 0 Å². The van der Waals surface area contributed by atoms with Crippen LogP contribution in [0, 0.1) is 29.1 Å². The van der Waals surface area contributed by atoms with E-state index >= 15 is 0 Å². The topological polar surface area (TPSA) is 43.4 Å². The minimum absolute atomic E-state index is 0.0692. The third kappa shape index (κ3) is 3.02. The number of rotatable bonds is 1. The van der Waals surface area contributed by atoms with Gasteiger partial charge in [-0.25, -0.2) is 0 Å². The van der Waals surface area contributed by atoms with Crippen LogP contribution in [0.2, 0.25) is 0 Å². The molecule has 0 saturated heterocycles. The van der Waals surface area contributed by atoms with E-state index in [1.165, 1.54) is 12.5 Å². The molecule has 136 valence electrons. The van der Waals surface area contributed by atoms with E-state index in [0.29, 0.717) is 23.7 Å². The number of carbonyl (C=O) groups is 2. The molecule has 25 heavy (non-hydrogen) atoms. The number of esters is 1. The maximum atomic E-state index is 11.6. The fraction of sp³-hybridized carbons (Fsp3) is 0.636. The van der Waals surface area contributed by atoms with Crippen LogP contribution in [0.5, 0.6) is 0 Å². The van der Waals surface area contributed by atoms with Gasteiger partial charge >= 0.3 is 5.97 Å². The Hall–Kier alpha value is -1.64. The Balaban J connectivity index is 0.000000880. The van der Waals surface area contributed by atoms with Crippen molar-refractivity contribution in [2.24, 2.45) is 29.1 Å². The Labute approximate surface area is 151 Å². The van der Waals surface area contributed by atoms with Gasteiger partial charge in [-0.1, -0.05) is 39.0 Å². The van der Waals surface area contributed by atoms with Crippen molar-refractivity contribution in [1.29, 1.82) is 0 Å². The van der Waals surface area contributed by atoms with Crippen LogP contribution in [-0.4, -0.2) is 17.9 Å². The fourth-order valence-corrected chi connectivity index (χ4v) is 5.66. The second-order valence-electron chi connectivity index (χ2n) is 7.86. The molecule has 4 aliphatic rings. The summed E-state index contributed by atoms with van der Waals surface area (Å²) in [5.41, 5.74) is 1.28. The van der Waals surface area contributed by atoms with Crippen molar-refractivity contribution in [3.63, 3.8) is 0 Å². The third-order valence-electron chi connectivity index (χ3n) is 6.74. The molecule has 0 N–H and O–H groups in total. The molecule has 3 nitrogen and oxygen atoms in total. The van der Waals surface area contributed by atoms with Crippen LogP contribution in [-0.2, 0) is 14.3 Å². The number of fused-ring (bicyclic) bond motifs is 5. The van der Waals surface area contributed by atoms with Gasteiger partial charge in [0.2, 0.25) is 0 Å². The molecule has 3 heteroatoms. The standard InChI is InChI=1S/C20H24O3.C2H6/c1-12(21)23-19-8-7-18-17-5-3-13-11-14(22)4-6-15(13)16(17)9-10-20(18,19)2;1-2/h3-6,11,15-19H,7-10H2,1-2H3;1-2H3/t15?,16-,17-,18+,19+,20?;/m1./s1. The highest BCUT2D eigenvalue weighted by molar-refractivity contribution is 6.01. The zero-order chi connectivity index (χ0) is 18.2. The van der Waals surface area contributed by atoms with Gasteiger partial charge in [0, 0.05) is 18.3 Å². The molecular formula is C22H30O3. The summed E-state index contributed by atoms with van der Waals surface area (Å²) in [5.74, 6) is 2.04. The quantitative estimate of drug-likeness (QED) is 0.652. The van der Waals surface area contributed by atoms with Gasteiger partial charge in [-0.3, -0.25) is 9.59 Å². The van der Waals surface area contributed by atoms with E-state index in [1.807, 2.05) is 13.8 Å². The van der Waals surface area contributed by atoms with Gasteiger partial charge in [0.1, 0.15) is 6.10 Å². The molecule has 0 aromatic carbocycles. The number of ether oxygens (including phenoxy) is 1. The van der Waals surface area contributed by atoms with E-state index in [4.69, 9.17) is 4.74 Å². The molecule has 4 rings (SSSR count). The summed E-state index contributed by atoms with van der Waals surface area (Å²) in [7, 11) is 0. The summed E-state index contributed by atoms with van der Waals surface area (Å²) >= 11 is 0. The molecule has 0 aromatic rings. The van der Waals surface area contributed by atoms with Crippen LogP contribution in [0.3, 0.4) is 0 Å². The lowest BCUT2D eigenvalue weighted by atomic mass is 9.54. The van der Waals surface area contributed by atoms with E-state index in [1.54, 1.807) is 12.2 Å². The van der Waals surface area contributed by atoms with E-state index in [2.05, 4.69) is 25.2 Å². The highest BCUT2D eigenvalue weighted by Crippen LogP contribution is 2.60. The van der Waals surface area contributed by atoms with Crippen molar-refractivity contribution >= 4 is 11.8 Å². The lowest BCUT2D eigenvalue weighted by Crippen LogP contribution is -2.46. The predicted molar refractivity (Wildman–Crippen MR) is 98.8 cm³/mol. The average molecular weight is 342 g/mol. The third-order valence-corrected chi connectivity index (χ3v) is 6.74. The van der Waals surface area contributed by atoms with Crippen molar-refractivity contribution in [3.05, 3.63) is 36.0 Å². The van der Waals surface area contributed by atoms with Gasteiger partial charge in [0.05, 0.1) is 0 Å². The molecule has 2 fully saturated rings. The van der Waals surface area contributed by atoms with Crippen molar-refractivity contribution in [1.82, 2.24) is 0 Å². The summed E-state index contributed by atoms with van der Waals surface area (Å²) in [4.78, 5) is 23.0. The SMILES string of the molecule is CC.CC(=O)O[C@H]1CC[C@H]2[C@@H]3C=CC4=CC(=O)C=CC4[C@H]3CCC12C. The Morgan fingerprint density at radius 2 is 1.92 bits per heavy atom. The highest BCUT2D eigenvalue weighted by Gasteiger charge is 2.56. The first-order valence-electron chi connectivity index (χ1n) is 9.78.